The van der Waals surface area contributed by atoms with Gasteiger partial charge in [0, 0.05) is 6.21 Å². The van der Waals surface area contributed by atoms with Gasteiger partial charge < -0.3 is 5.41 Å². The summed E-state index contributed by atoms with van der Waals surface area (Å²) in [6.45, 7) is 0. The van der Waals surface area contributed by atoms with E-state index in [2.05, 4.69) is 27.6 Å². The molecular weight excluding hydrogens is 259 g/mol. The summed E-state index contributed by atoms with van der Waals surface area (Å²) in [5.74, 6) is 0. The fourth-order valence-corrected chi connectivity index (χ4v) is 1.49. The van der Waals surface area contributed by atoms with Crippen molar-refractivity contribution >= 4 is 46.2 Å². The predicted molar refractivity (Wildman–Crippen MR) is 53.1 cm³/mol. The van der Waals surface area contributed by atoms with E-state index in [0.717, 1.165) is 10.6 Å². The highest BCUT2D eigenvalue weighted by Gasteiger charge is 1.96. The van der Waals surface area contributed by atoms with Gasteiger partial charge >= 0.3 is 0 Å². The van der Waals surface area contributed by atoms with Crippen LogP contribution in [0.3, 0.4) is 0 Å². The van der Waals surface area contributed by atoms with Gasteiger partial charge in [-0.2, -0.15) is 0 Å². The third kappa shape index (κ3) is 1.63. The second-order valence-corrected chi connectivity index (χ2v) is 3.14. The first-order valence-electron chi connectivity index (χ1n) is 2.59. The van der Waals surface area contributed by atoms with E-state index in [1.54, 1.807) is 5.51 Å². The van der Waals surface area contributed by atoms with Crippen LogP contribution in [0.5, 0.6) is 0 Å². The van der Waals surface area contributed by atoms with Gasteiger partial charge in [0.15, 0.2) is 0 Å². The summed E-state index contributed by atoms with van der Waals surface area (Å²) in [5, 5.41) is 6.99. The van der Waals surface area contributed by atoms with Crippen molar-refractivity contribution < 1.29 is 0 Å². The maximum atomic E-state index is 6.99. The molecule has 0 aromatic carbocycles. The van der Waals surface area contributed by atoms with Crippen molar-refractivity contribution in [2.24, 2.45) is 0 Å². The largest absolute Gasteiger partial charge is 0.307 e. The van der Waals surface area contributed by atoms with Crippen LogP contribution in [-0.2, 0) is 0 Å². The van der Waals surface area contributed by atoms with Crippen LogP contribution >= 0.6 is 33.9 Å². The van der Waals surface area contributed by atoms with E-state index < -0.39 is 0 Å². The van der Waals surface area contributed by atoms with Crippen LogP contribution in [-0.4, -0.2) is 11.2 Å². The number of rotatable bonds is 2. The molecule has 0 atom stereocenters. The van der Waals surface area contributed by atoms with Crippen LogP contribution in [0.1, 0.15) is 10.6 Å². The molecule has 1 aromatic heterocycles. The SMILES string of the molecule is N=Cc1scnc1/C=C\I. The topological polar surface area (TPSA) is 36.7 Å². The summed E-state index contributed by atoms with van der Waals surface area (Å²) >= 11 is 3.61. The quantitative estimate of drug-likeness (QED) is 0.646. The van der Waals surface area contributed by atoms with Gasteiger partial charge in [-0.3, -0.25) is 0 Å². The summed E-state index contributed by atoms with van der Waals surface area (Å²) in [5.41, 5.74) is 2.63. The van der Waals surface area contributed by atoms with Gasteiger partial charge in [-0.25, -0.2) is 4.98 Å². The Balaban J connectivity index is 3.00. The molecule has 0 saturated heterocycles. The number of nitrogens with one attached hydrogen (secondary N) is 1. The van der Waals surface area contributed by atoms with E-state index in [9.17, 15) is 0 Å². The third-order valence-corrected chi connectivity index (χ3v) is 2.13. The molecule has 1 N–H and O–H groups in total. The lowest BCUT2D eigenvalue weighted by molar-refractivity contribution is 1.38. The lowest BCUT2D eigenvalue weighted by Crippen LogP contribution is -1.77. The number of halogens is 1. The molecule has 0 unspecified atom stereocenters. The summed E-state index contributed by atoms with van der Waals surface area (Å²) in [6, 6.07) is 0. The van der Waals surface area contributed by atoms with E-state index in [-0.39, 0.29) is 0 Å². The first-order valence-corrected chi connectivity index (χ1v) is 4.71. The number of thiazole rings is 1. The molecular formula is C6H5IN2S. The molecule has 10 heavy (non-hydrogen) atoms. The molecule has 0 radical (unpaired) electrons. The fraction of sp³-hybridized carbons (Fsp3) is 0. The number of nitrogens with zero attached hydrogens (tertiary/aromatic N) is 1. The van der Waals surface area contributed by atoms with Crippen LogP contribution in [0.25, 0.3) is 6.08 Å². The molecule has 2 nitrogen and oxygen atoms in total. The standard InChI is InChI=1S/C6H5IN2S/c7-2-1-5-6(3-8)10-4-9-5/h1-4,8H/b2-1-,8-3?. The Morgan fingerprint density at radius 1 is 1.70 bits per heavy atom. The van der Waals surface area contributed by atoms with Crippen LogP contribution in [0.15, 0.2) is 9.59 Å². The van der Waals surface area contributed by atoms with Crippen LogP contribution in [0.4, 0.5) is 0 Å². The van der Waals surface area contributed by atoms with Gasteiger partial charge in [0.1, 0.15) is 0 Å². The Hall–Kier alpha value is -0.230. The highest BCUT2D eigenvalue weighted by atomic mass is 127. The molecule has 1 aromatic rings. The summed E-state index contributed by atoms with van der Waals surface area (Å²) in [7, 11) is 0. The first-order chi connectivity index (χ1) is 4.88. The predicted octanol–water partition coefficient (Wildman–Crippen LogP) is 2.55. The lowest BCUT2D eigenvalue weighted by Gasteiger charge is -1.83. The van der Waals surface area contributed by atoms with Crippen LogP contribution in [0, 0.1) is 5.41 Å². The molecule has 1 heterocycles. The number of hydrogen-bond acceptors (Lipinski definition) is 3. The smallest absolute Gasteiger partial charge is 0.0831 e. The van der Waals surface area contributed by atoms with Gasteiger partial charge in [0.25, 0.3) is 0 Å². The van der Waals surface area contributed by atoms with Gasteiger partial charge in [-0.1, -0.05) is 22.6 Å². The van der Waals surface area contributed by atoms with Gasteiger partial charge in [0.05, 0.1) is 16.1 Å². The Morgan fingerprint density at radius 2 is 2.50 bits per heavy atom. The Labute approximate surface area is 76.6 Å². The van der Waals surface area contributed by atoms with E-state index in [1.165, 1.54) is 17.6 Å². The highest BCUT2D eigenvalue weighted by molar-refractivity contribution is 14.1. The fourth-order valence-electron chi connectivity index (χ4n) is 0.557. The minimum atomic E-state index is 0.884. The Kier molecular flexibility index (Phi) is 3.01. The molecule has 0 amide bonds. The molecule has 4 heteroatoms. The number of aromatic nitrogens is 1. The average molecular weight is 264 g/mol. The Morgan fingerprint density at radius 3 is 3.10 bits per heavy atom. The molecule has 0 aliphatic carbocycles. The minimum absolute atomic E-state index is 0.884. The van der Waals surface area contributed by atoms with Crippen molar-refractivity contribution in [1.82, 2.24) is 4.98 Å². The normalized spacial score (nSPS) is 10.5. The second kappa shape index (κ2) is 3.82. The van der Waals surface area contributed by atoms with E-state index in [0.29, 0.717) is 0 Å². The lowest BCUT2D eigenvalue weighted by atomic mass is 10.4. The maximum Gasteiger partial charge on any atom is 0.0831 e. The van der Waals surface area contributed by atoms with Crippen molar-refractivity contribution in [3.8, 4) is 0 Å². The molecule has 0 spiro atoms. The van der Waals surface area contributed by atoms with Crippen LogP contribution < -0.4 is 0 Å². The molecule has 0 aliphatic rings. The minimum Gasteiger partial charge on any atom is -0.307 e. The summed E-state index contributed by atoms with van der Waals surface area (Å²) in [6.07, 6.45) is 3.21. The number of hydrogen-bond donors (Lipinski definition) is 1. The van der Waals surface area contributed by atoms with E-state index in [1.807, 2.05) is 10.2 Å². The van der Waals surface area contributed by atoms with Gasteiger partial charge in [0.2, 0.25) is 0 Å². The van der Waals surface area contributed by atoms with E-state index in [4.69, 9.17) is 5.41 Å². The van der Waals surface area contributed by atoms with Crippen molar-refractivity contribution in [2.75, 3.05) is 0 Å². The van der Waals surface area contributed by atoms with Gasteiger partial charge in [-0.15, -0.1) is 11.3 Å². The van der Waals surface area contributed by atoms with Crippen molar-refractivity contribution in [3.05, 3.63) is 20.2 Å². The van der Waals surface area contributed by atoms with Crippen molar-refractivity contribution in [1.29, 1.82) is 5.41 Å². The van der Waals surface area contributed by atoms with Crippen molar-refractivity contribution in [2.45, 2.75) is 0 Å². The molecule has 0 bridgehead atoms. The zero-order chi connectivity index (χ0) is 7.40. The summed E-state index contributed by atoms with van der Waals surface area (Å²) < 4.78 is 1.89. The maximum absolute atomic E-state index is 6.99. The van der Waals surface area contributed by atoms with Crippen LogP contribution in [0.2, 0.25) is 0 Å². The van der Waals surface area contributed by atoms with E-state index >= 15 is 0 Å². The molecule has 1 rings (SSSR count). The Bertz CT molecular complexity index is 254. The molecule has 52 valence electrons. The first kappa shape index (κ1) is 7.87. The zero-order valence-electron chi connectivity index (χ0n) is 5.04. The van der Waals surface area contributed by atoms with Gasteiger partial charge in [-0.05, 0) is 10.2 Å². The highest BCUT2D eigenvalue weighted by Crippen LogP contribution is 2.12. The molecule has 0 aliphatic heterocycles. The average Bonchev–Trinajstić information content (AvgIpc) is 2.36. The second-order valence-electron chi connectivity index (χ2n) is 1.54. The third-order valence-electron chi connectivity index (χ3n) is 0.976. The van der Waals surface area contributed by atoms with Crippen molar-refractivity contribution in [3.63, 3.8) is 0 Å². The zero-order valence-corrected chi connectivity index (χ0v) is 8.02. The molecule has 0 fully saturated rings. The molecule has 0 saturated carbocycles. The summed E-state index contributed by atoms with van der Waals surface area (Å²) in [4.78, 5) is 4.96. The monoisotopic (exact) mass is 264 g/mol.